The van der Waals surface area contributed by atoms with Crippen molar-refractivity contribution < 1.29 is 19.4 Å². The normalized spacial score (nSPS) is 15.1. The number of hydrogen-bond donors (Lipinski definition) is 2. The van der Waals surface area contributed by atoms with Crippen LogP contribution >= 0.6 is 0 Å². The highest BCUT2D eigenvalue weighted by molar-refractivity contribution is 5.77. The maximum atomic E-state index is 10.9. The minimum atomic E-state index is -1.03. The van der Waals surface area contributed by atoms with Crippen molar-refractivity contribution in [2.24, 2.45) is 0 Å². The zero-order valence-electron chi connectivity index (χ0n) is 8.29. The van der Waals surface area contributed by atoms with E-state index in [0.29, 0.717) is 0 Å². The highest BCUT2D eigenvalue weighted by Crippen LogP contribution is 2.00. The smallest absolute Gasteiger partial charge is 0.246 e. The van der Waals surface area contributed by atoms with E-state index in [-0.39, 0.29) is 25.7 Å². The molecule has 1 unspecified atom stereocenters. The number of aliphatic hydroxyl groups is 1. The van der Waals surface area contributed by atoms with Gasteiger partial charge in [0, 0.05) is 20.8 Å². The van der Waals surface area contributed by atoms with Gasteiger partial charge in [-0.25, -0.2) is 0 Å². The number of amides is 1. The van der Waals surface area contributed by atoms with E-state index in [4.69, 9.17) is 4.74 Å². The third-order valence-electron chi connectivity index (χ3n) is 1.40. The molecule has 0 heterocycles. The third kappa shape index (κ3) is 6.51. The molecule has 78 valence electrons. The average Bonchev–Trinajstić information content (AvgIpc) is 2.02. The number of nitrogens with one attached hydrogen (secondary N) is 1. The van der Waals surface area contributed by atoms with Crippen molar-refractivity contribution in [3.63, 3.8) is 0 Å². The molecule has 2 N–H and O–H groups in total. The molecule has 0 radical (unpaired) electrons. The largest absolute Gasteiger partial charge is 0.386 e. The van der Waals surface area contributed by atoms with Gasteiger partial charge in [0.2, 0.25) is 5.91 Å². The molecule has 5 heteroatoms. The van der Waals surface area contributed by atoms with E-state index >= 15 is 0 Å². The summed E-state index contributed by atoms with van der Waals surface area (Å²) >= 11 is 0. The first-order valence-electron chi connectivity index (χ1n) is 3.99. The highest BCUT2D eigenvalue weighted by atomic mass is 16.5. The van der Waals surface area contributed by atoms with Crippen LogP contribution in [0.4, 0.5) is 0 Å². The van der Waals surface area contributed by atoms with Crippen LogP contribution < -0.4 is 5.32 Å². The fourth-order valence-electron chi connectivity index (χ4n) is 0.833. The number of hydrogen-bond acceptors (Lipinski definition) is 4. The van der Waals surface area contributed by atoms with Crippen molar-refractivity contribution >= 4 is 5.91 Å². The molecule has 1 amide bonds. The summed E-state index contributed by atoms with van der Waals surface area (Å²) < 4.78 is 9.37. The lowest BCUT2D eigenvalue weighted by Gasteiger charge is -2.22. The van der Waals surface area contributed by atoms with Crippen molar-refractivity contribution in [2.75, 3.05) is 34.0 Å². The molecular weight excluding hydrogens is 174 g/mol. The molecule has 0 aromatic heterocycles. The Morgan fingerprint density at radius 1 is 1.46 bits per heavy atom. The number of ether oxygens (including phenoxy) is 2. The molecule has 13 heavy (non-hydrogen) atoms. The first-order chi connectivity index (χ1) is 6.02. The standard InChI is InChI=1S/C8H17NO4/c1-8(11,6-13-3)5-9-7(10)4-12-2/h11H,4-6H2,1-3H3,(H,9,10). The fraction of sp³-hybridized carbons (Fsp3) is 0.875. The van der Waals surface area contributed by atoms with Crippen molar-refractivity contribution in [2.45, 2.75) is 12.5 Å². The molecule has 0 saturated heterocycles. The van der Waals surface area contributed by atoms with Crippen LogP contribution in [0.15, 0.2) is 0 Å². The molecule has 0 bridgehead atoms. The second-order valence-electron chi connectivity index (χ2n) is 3.14. The molecule has 0 spiro atoms. The molecule has 0 aliphatic carbocycles. The number of methoxy groups -OCH3 is 2. The highest BCUT2D eigenvalue weighted by Gasteiger charge is 2.20. The quantitative estimate of drug-likeness (QED) is 0.573. The Morgan fingerprint density at radius 2 is 2.08 bits per heavy atom. The minimum Gasteiger partial charge on any atom is -0.386 e. The van der Waals surface area contributed by atoms with E-state index in [0.717, 1.165) is 0 Å². The Balaban J connectivity index is 3.67. The van der Waals surface area contributed by atoms with Gasteiger partial charge >= 0.3 is 0 Å². The zero-order chi connectivity index (χ0) is 10.3. The van der Waals surface area contributed by atoms with Crippen LogP contribution in [0.2, 0.25) is 0 Å². The van der Waals surface area contributed by atoms with Crippen LogP contribution in [-0.2, 0) is 14.3 Å². The zero-order valence-corrected chi connectivity index (χ0v) is 8.29. The topological polar surface area (TPSA) is 67.8 Å². The third-order valence-corrected chi connectivity index (χ3v) is 1.40. The summed E-state index contributed by atoms with van der Waals surface area (Å²) in [6.45, 7) is 1.93. The van der Waals surface area contributed by atoms with Crippen LogP contribution in [0.3, 0.4) is 0 Å². The molecule has 0 aliphatic rings. The van der Waals surface area contributed by atoms with Crippen LogP contribution in [0.5, 0.6) is 0 Å². The second-order valence-corrected chi connectivity index (χ2v) is 3.14. The molecule has 0 rings (SSSR count). The molecular formula is C8H17NO4. The number of rotatable bonds is 6. The SMILES string of the molecule is COCC(=O)NCC(C)(O)COC. The van der Waals surface area contributed by atoms with E-state index in [1.165, 1.54) is 14.2 Å². The van der Waals surface area contributed by atoms with Gasteiger partial charge in [-0.3, -0.25) is 4.79 Å². The maximum Gasteiger partial charge on any atom is 0.246 e. The Kier molecular flexibility index (Phi) is 5.61. The number of carbonyl (C=O) groups excluding carboxylic acids is 1. The molecule has 5 nitrogen and oxygen atoms in total. The minimum absolute atomic E-state index is 0.00304. The second kappa shape index (κ2) is 5.90. The van der Waals surface area contributed by atoms with E-state index in [1.54, 1.807) is 6.92 Å². The monoisotopic (exact) mass is 191 g/mol. The molecule has 0 aromatic carbocycles. The van der Waals surface area contributed by atoms with Gasteiger partial charge in [-0.05, 0) is 6.92 Å². The van der Waals surface area contributed by atoms with Crippen molar-refractivity contribution in [3.05, 3.63) is 0 Å². The summed E-state index contributed by atoms with van der Waals surface area (Å²) in [5, 5.41) is 12.1. The lowest BCUT2D eigenvalue weighted by Crippen LogP contribution is -2.44. The van der Waals surface area contributed by atoms with Gasteiger partial charge in [0.1, 0.15) is 12.2 Å². The average molecular weight is 191 g/mol. The van der Waals surface area contributed by atoms with Gasteiger partial charge in [-0.1, -0.05) is 0 Å². The molecule has 1 atom stereocenters. The first-order valence-corrected chi connectivity index (χ1v) is 3.99. The fourth-order valence-corrected chi connectivity index (χ4v) is 0.833. The summed E-state index contributed by atoms with van der Waals surface area (Å²) in [7, 11) is 2.93. The summed E-state index contributed by atoms with van der Waals surface area (Å²) in [5.74, 6) is -0.251. The summed E-state index contributed by atoms with van der Waals surface area (Å²) in [6.07, 6.45) is 0. The summed E-state index contributed by atoms with van der Waals surface area (Å²) in [4.78, 5) is 10.9. The van der Waals surface area contributed by atoms with Crippen LogP contribution in [-0.4, -0.2) is 50.6 Å². The Labute approximate surface area is 78.0 Å². The van der Waals surface area contributed by atoms with Gasteiger partial charge in [0.05, 0.1) is 6.61 Å². The summed E-state index contributed by atoms with van der Waals surface area (Å²) in [5.41, 5.74) is -1.03. The summed E-state index contributed by atoms with van der Waals surface area (Å²) in [6, 6.07) is 0. The van der Waals surface area contributed by atoms with E-state index in [9.17, 15) is 9.90 Å². The predicted octanol–water partition coefficient (Wildman–Crippen LogP) is -0.854. The Bertz CT molecular complexity index is 158. The maximum absolute atomic E-state index is 10.9. The lowest BCUT2D eigenvalue weighted by molar-refractivity contribution is -0.126. The van der Waals surface area contributed by atoms with E-state index in [2.05, 4.69) is 10.1 Å². The molecule has 0 fully saturated rings. The molecule has 0 aromatic rings. The predicted molar refractivity (Wildman–Crippen MR) is 47.4 cm³/mol. The Hall–Kier alpha value is -0.650. The number of carbonyl (C=O) groups is 1. The van der Waals surface area contributed by atoms with Crippen LogP contribution in [0, 0.1) is 0 Å². The van der Waals surface area contributed by atoms with Crippen LogP contribution in [0.1, 0.15) is 6.92 Å². The van der Waals surface area contributed by atoms with Gasteiger partial charge in [-0.15, -0.1) is 0 Å². The van der Waals surface area contributed by atoms with Crippen molar-refractivity contribution in [1.82, 2.24) is 5.32 Å². The van der Waals surface area contributed by atoms with Gasteiger partial charge in [0.15, 0.2) is 0 Å². The lowest BCUT2D eigenvalue weighted by atomic mass is 10.1. The molecule has 0 saturated carbocycles. The first kappa shape index (κ1) is 12.3. The Morgan fingerprint density at radius 3 is 2.54 bits per heavy atom. The van der Waals surface area contributed by atoms with Gasteiger partial charge in [-0.2, -0.15) is 0 Å². The van der Waals surface area contributed by atoms with E-state index < -0.39 is 5.60 Å². The van der Waals surface area contributed by atoms with E-state index in [1.807, 2.05) is 0 Å². The molecule has 0 aliphatic heterocycles. The van der Waals surface area contributed by atoms with Crippen LogP contribution in [0.25, 0.3) is 0 Å². The van der Waals surface area contributed by atoms with Crippen molar-refractivity contribution in [3.8, 4) is 0 Å². The van der Waals surface area contributed by atoms with Gasteiger partial charge in [0.25, 0.3) is 0 Å². The van der Waals surface area contributed by atoms with Gasteiger partial charge < -0.3 is 19.9 Å². The van der Waals surface area contributed by atoms with Crippen molar-refractivity contribution in [1.29, 1.82) is 0 Å².